The summed E-state index contributed by atoms with van der Waals surface area (Å²) in [5.74, 6) is 0.202. The predicted octanol–water partition coefficient (Wildman–Crippen LogP) is 5.03. The number of para-hydroxylation sites is 2. The summed E-state index contributed by atoms with van der Waals surface area (Å²) in [6.07, 6.45) is 0. The second-order valence-electron chi connectivity index (χ2n) is 13.2. The molecule has 0 aliphatic heterocycles. The number of phenols is 1. The number of phenolic OH excluding ortho intramolecular Hbond substituents is 1. The van der Waals surface area contributed by atoms with Crippen LogP contribution in [-0.2, 0) is 0 Å². The molecule has 0 atom stereocenters. The molecule has 0 saturated carbocycles. The van der Waals surface area contributed by atoms with Gasteiger partial charge in [0.2, 0.25) is 0 Å². The Morgan fingerprint density at radius 3 is 1.40 bits per heavy atom. The first-order chi connectivity index (χ1) is 25.2. The summed E-state index contributed by atoms with van der Waals surface area (Å²) in [5, 5.41) is 15.3. The van der Waals surface area contributed by atoms with E-state index in [1.54, 1.807) is 12.1 Å². The van der Waals surface area contributed by atoms with Crippen LogP contribution in [0.2, 0.25) is 0 Å². The third-order valence-electron chi connectivity index (χ3n) is 10.1. The van der Waals surface area contributed by atoms with Crippen molar-refractivity contribution in [1.82, 2.24) is 0 Å². The molecule has 52 heavy (non-hydrogen) atoms. The first-order valence-corrected chi connectivity index (χ1v) is 16.8. The maximum atomic E-state index is 9.88. The van der Waals surface area contributed by atoms with Gasteiger partial charge in [0.1, 0.15) is 64.0 Å². The summed E-state index contributed by atoms with van der Waals surface area (Å²) in [4.78, 5) is 0. The number of fused-ring (bicyclic) bond motifs is 5. The third kappa shape index (κ3) is 5.04. The Morgan fingerprint density at radius 2 is 0.827 bits per heavy atom. The van der Waals surface area contributed by atoms with E-state index in [4.69, 9.17) is 51.5 Å². The number of rotatable bonds is 4. The van der Waals surface area contributed by atoms with E-state index < -0.39 is 0 Å². The lowest BCUT2D eigenvalue weighted by molar-refractivity contribution is 0.475. The summed E-state index contributed by atoms with van der Waals surface area (Å²) >= 11 is 0. The van der Waals surface area contributed by atoms with E-state index in [9.17, 15) is 5.11 Å². The van der Waals surface area contributed by atoms with Crippen molar-refractivity contribution in [2.24, 2.45) is 0 Å². The number of aromatic hydroxyl groups is 1. The van der Waals surface area contributed by atoms with Crippen LogP contribution in [0.4, 0.5) is 0 Å². The van der Waals surface area contributed by atoms with E-state index in [0.717, 1.165) is 82.4 Å². The lowest BCUT2D eigenvalue weighted by Crippen LogP contribution is -2.27. The molecule has 0 saturated heterocycles. The van der Waals surface area contributed by atoms with Gasteiger partial charge in [-0.05, 0) is 67.1 Å². The molecule has 8 heteroatoms. The lowest BCUT2D eigenvalue weighted by atomic mass is 9.71. The molecule has 0 bridgehead atoms. The van der Waals surface area contributed by atoms with Crippen LogP contribution in [0.15, 0.2) is 132 Å². The van der Waals surface area contributed by atoms with E-state index in [1.807, 2.05) is 103 Å². The Hall–Kier alpha value is -5.73. The minimum atomic E-state index is 0.202. The molecule has 2 nitrogen and oxygen atoms in total. The first kappa shape index (κ1) is 32.2. The third-order valence-corrected chi connectivity index (χ3v) is 10.1. The molecule has 1 N–H and O–H groups in total. The highest BCUT2D eigenvalue weighted by atomic mass is 16.3. The molecule has 8 aromatic carbocycles. The molecule has 0 fully saturated rings. The summed E-state index contributed by atoms with van der Waals surface area (Å²) in [6, 6.07) is 40.7. The lowest BCUT2D eigenvalue weighted by Gasteiger charge is -2.23. The van der Waals surface area contributed by atoms with Crippen LogP contribution < -0.4 is 32.8 Å². The van der Waals surface area contributed by atoms with Crippen LogP contribution in [0.1, 0.15) is 0 Å². The van der Waals surface area contributed by atoms with Gasteiger partial charge in [0.05, 0.1) is 0 Å². The van der Waals surface area contributed by atoms with Crippen molar-refractivity contribution in [3.05, 3.63) is 127 Å². The van der Waals surface area contributed by atoms with Crippen molar-refractivity contribution in [3.8, 4) is 50.3 Å². The van der Waals surface area contributed by atoms with E-state index >= 15 is 0 Å². The highest BCUT2D eigenvalue weighted by molar-refractivity contribution is 6.52. The fourth-order valence-corrected chi connectivity index (χ4v) is 7.57. The molecule has 9 aromatic rings. The molecule has 9 rings (SSSR count). The Labute approximate surface area is 309 Å². The average Bonchev–Trinajstić information content (AvgIpc) is 3.53. The first-order valence-electron chi connectivity index (χ1n) is 16.8. The van der Waals surface area contributed by atoms with Crippen molar-refractivity contribution in [2.75, 3.05) is 0 Å². The summed E-state index contributed by atoms with van der Waals surface area (Å²) < 4.78 is 6.67. The van der Waals surface area contributed by atoms with Crippen LogP contribution in [0.5, 0.6) is 5.75 Å². The predicted molar refractivity (Wildman–Crippen MR) is 224 cm³/mol. The minimum Gasteiger partial charge on any atom is -0.508 e. The van der Waals surface area contributed by atoms with Crippen LogP contribution in [0, 0.1) is 0 Å². The molecule has 0 amide bonds. The zero-order valence-corrected chi connectivity index (χ0v) is 27.9. The molecule has 0 aliphatic rings. The fraction of sp³-hybridized carbons (Fsp3) is 0. The number of hydrogen-bond donors (Lipinski definition) is 1. The molecular formula is C44H22B6O2. The number of furan rings is 1. The Bertz CT molecular complexity index is 2850. The largest absolute Gasteiger partial charge is 0.508 e. The van der Waals surface area contributed by atoms with Gasteiger partial charge in [-0.2, -0.15) is 0 Å². The number of hydrogen-bond acceptors (Lipinski definition) is 2. The van der Waals surface area contributed by atoms with Crippen LogP contribution in [-0.4, -0.2) is 52.2 Å². The number of benzene rings is 8. The van der Waals surface area contributed by atoms with Gasteiger partial charge in [-0.15, -0.1) is 21.9 Å². The van der Waals surface area contributed by atoms with Crippen molar-refractivity contribution in [1.29, 1.82) is 0 Å². The zero-order valence-electron chi connectivity index (χ0n) is 27.9. The van der Waals surface area contributed by atoms with E-state index in [2.05, 4.69) is 12.1 Å². The van der Waals surface area contributed by atoms with Crippen molar-refractivity contribution in [3.63, 3.8) is 0 Å². The Morgan fingerprint density at radius 1 is 0.346 bits per heavy atom. The Kier molecular flexibility index (Phi) is 7.55. The van der Waals surface area contributed by atoms with Crippen molar-refractivity contribution in [2.45, 2.75) is 0 Å². The van der Waals surface area contributed by atoms with Gasteiger partial charge in [-0.3, -0.25) is 0 Å². The van der Waals surface area contributed by atoms with E-state index in [-0.39, 0.29) is 5.75 Å². The molecule has 0 aliphatic carbocycles. The molecule has 0 unspecified atom stereocenters. The van der Waals surface area contributed by atoms with Gasteiger partial charge in [0.25, 0.3) is 0 Å². The van der Waals surface area contributed by atoms with E-state index in [1.165, 1.54) is 0 Å². The van der Waals surface area contributed by atoms with Gasteiger partial charge in [0.15, 0.2) is 0 Å². The topological polar surface area (TPSA) is 33.4 Å². The zero-order chi connectivity index (χ0) is 35.8. The van der Waals surface area contributed by atoms with Gasteiger partial charge in [-0.25, -0.2) is 0 Å². The molecule has 228 valence electrons. The molecule has 1 heterocycles. The average molecular weight is 648 g/mol. The van der Waals surface area contributed by atoms with Gasteiger partial charge >= 0.3 is 0 Å². The summed E-state index contributed by atoms with van der Waals surface area (Å²) in [5.41, 5.74) is 11.1. The monoisotopic (exact) mass is 648 g/mol. The minimum absolute atomic E-state index is 0.202. The SMILES string of the molecule is [B]c1cc2c(-c3ccccc3)c3cc([B])c([B])cc3c(-c3cc([B])c(-c4cccc5c4oc4c(-c6ccc(O)cc6)cccc45)cc3[B])c2cc1[B]. The highest BCUT2D eigenvalue weighted by Crippen LogP contribution is 2.43. The normalized spacial score (nSPS) is 11.6. The second kappa shape index (κ2) is 12.2. The summed E-state index contributed by atoms with van der Waals surface area (Å²) in [6.45, 7) is 0. The smallest absolute Gasteiger partial charge is 0.143 e. The van der Waals surface area contributed by atoms with Gasteiger partial charge < -0.3 is 9.52 Å². The molecule has 0 spiro atoms. The van der Waals surface area contributed by atoms with Crippen LogP contribution in [0.25, 0.3) is 88.0 Å². The molecular weight excluding hydrogens is 625 g/mol. The molecule has 12 radical (unpaired) electrons. The van der Waals surface area contributed by atoms with Crippen LogP contribution >= 0.6 is 0 Å². The molecule has 1 aromatic heterocycles. The van der Waals surface area contributed by atoms with Crippen molar-refractivity contribution >= 4 is 123 Å². The maximum Gasteiger partial charge on any atom is 0.143 e. The van der Waals surface area contributed by atoms with Crippen molar-refractivity contribution < 1.29 is 9.52 Å². The quantitative estimate of drug-likeness (QED) is 0.215. The Balaban J connectivity index is 1.30. The second-order valence-corrected chi connectivity index (χ2v) is 13.2. The highest BCUT2D eigenvalue weighted by Gasteiger charge is 2.22. The fourth-order valence-electron chi connectivity index (χ4n) is 7.57. The van der Waals surface area contributed by atoms with Gasteiger partial charge in [-0.1, -0.05) is 126 Å². The maximum absolute atomic E-state index is 9.88. The van der Waals surface area contributed by atoms with Gasteiger partial charge in [0, 0.05) is 21.9 Å². The van der Waals surface area contributed by atoms with E-state index in [0.29, 0.717) is 38.4 Å². The van der Waals surface area contributed by atoms with Crippen LogP contribution in [0.3, 0.4) is 0 Å². The standard InChI is InChI=1S/C44H22B6O2/c45-35-21-34(42-32-19-39(49)37(47)17-30(32)41(23-6-2-1-3-7-23)31-18-38(48)40(50)20-33(31)42)36(46)16-29(35)28-11-5-10-27-26-9-4-8-25(43(26)52-44(27)28)22-12-14-24(51)15-13-22/h1-21,51H. The summed E-state index contributed by atoms with van der Waals surface area (Å²) in [7, 11) is 39.9.